The highest BCUT2D eigenvalue weighted by Crippen LogP contribution is 2.25. The van der Waals surface area contributed by atoms with E-state index in [9.17, 15) is 13.2 Å². The summed E-state index contributed by atoms with van der Waals surface area (Å²) in [6.07, 6.45) is 0. The Balaban J connectivity index is 1.87. The molecule has 0 bridgehead atoms. The van der Waals surface area contributed by atoms with Gasteiger partial charge in [0.2, 0.25) is 0 Å². The van der Waals surface area contributed by atoms with E-state index in [1.807, 2.05) is 37.3 Å². The number of carbonyl (C=O) groups is 1. The summed E-state index contributed by atoms with van der Waals surface area (Å²) in [5.41, 5.74) is 5.28. The quantitative estimate of drug-likeness (QED) is 0.417. The topological polar surface area (TPSA) is 88.1 Å². The van der Waals surface area contributed by atoms with Crippen molar-refractivity contribution in [3.05, 3.63) is 90.0 Å². The number of sulfonamides is 1. The molecule has 0 radical (unpaired) electrons. The van der Waals surface area contributed by atoms with Crippen LogP contribution in [-0.2, 0) is 14.8 Å². The lowest BCUT2D eigenvalue weighted by Crippen LogP contribution is -2.39. The first kappa shape index (κ1) is 23.0. The molecule has 0 aromatic heterocycles. The number of hydrogen-bond acceptors (Lipinski definition) is 5. The Morgan fingerprint density at radius 1 is 0.969 bits per heavy atom. The van der Waals surface area contributed by atoms with Gasteiger partial charge < -0.3 is 4.74 Å². The molecule has 7 nitrogen and oxygen atoms in total. The van der Waals surface area contributed by atoms with Gasteiger partial charge in [0.1, 0.15) is 12.3 Å². The molecule has 3 aromatic carbocycles. The molecule has 8 heteroatoms. The molecule has 0 spiro atoms. The van der Waals surface area contributed by atoms with Crippen molar-refractivity contribution >= 4 is 27.3 Å². The summed E-state index contributed by atoms with van der Waals surface area (Å²) < 4.78 is 32.9. The third kappa shape index (κ3) is 5.53. The summed E-state index contributed by atoms with van der Waals surface area (Å²) in [4.78, 5) is 12.7. The molecule has 0 fully saturated rings. The first-order valence-electron chi connectivity index (χ1n) is 9.93. The van der Waals surface area contributed by atoms with Crippen molar-refractivity contribution < 1.29 is 17.9 Å². The molecular formula is C24H25N3O4S. The largest absolute Gasteiger partial charge is 0.497 e. The van der Waals surface area contributed by atoms with Gasteiger partial charge in [-0.15, -0.1) is 0 Å². The molecule has 0 heterocycles. The van der Waals surface area contributed by atoms with Crippen molar-refractivity contribution in [3.8, 4) is 5.75 Å². The Morgan fingerprint density at radius 3 is 2.19 bits per heavy atom. The molecule has 1 amide bonds. The molecule has 0 saturated heterocycles. The Hall–Kier alpha value is -3.65. The van der Waals surface area contributed by atoms with Crippen LogP contribution in [0.1, 0.15) is 18.1 Å². The van der Waals surface area contributed by atoms with Gasteiger partial charge >= 0.3 is 0 Å². The first-order chi connectivity index (χ1) is 15.3. The van der Waals surface area contributed by atoms with Gasteiger partial charge in [-0.05, 0) is 55.8 Å². The molecule has 0 atom stereocenters. The van der Waals surface area contributed by atoms with Crippen LogP contribution in [-0.4, -0.2) is 33.7 Å². The zero-order chi connectivity index (χ0) is 23.1. The molecule has 1 N–H and O–H groups in total. The lowest BCUT2D eigenvalue weighted by Gasteiger charge is -2.24. The number of benzene rings is 3. The van der Waals surface area contributed by atoms with Crippen LogP contribution in [0.15, 0.2) is 88.9 Å². The van der Waals surface area contributed by atoms with Crippen LogP contribution < -0.4 is 14.5 Å². The van der Waals surface area contributed by atoms with Crippen LogP contribution in [0.3, 0.4) is 0 Å². The molecule has 0 aliphatic rings. The normalized spacial score (nSPS) is 11.7. The Morgan fingerprint density at radius 2 is 1.59 bits per heavy atom. The fourth-order valence-electron chi connectivity index (χ4n) is 2.96. The maximum Gasteiger partial charge on any atom is 0.264 e. The smallest absolute Gasteiger partial charge is 0.264 e. The van der Waals surface area contributed by atoms with E-state index in [1.165, 1.54) is 19.2 Å². The predicted octanol–water partition coefficient (Wildman–Crippen LogP) is 3.74. The van der Waals surface area contributed by atoms with Gasteiger partial charge in [0.25, 0.3) is 15.9 Å². The summed E-state index contributed by atoms with van der Waals surface area (Å²) in [6.45, 7) is 3.24. The highest BCUT2D eigenvalue weighted by atomic mass is 32.2. The molecule has 0 aliphatic heterocycles. The molecule has 3 aromatic rings. The Bertz CT molecular complexity index is 1190. The van der Waals surface area contributed by atoms with E-state index in [2.05, 4.69) is 10.5 Å². The van der Waals surface area contributed by atoms with Crippen LogP contribution >= 0.6 is 0 Å². The van der Waals surface area contributed by atoms with E-state index >= 15 is 0 Å². The second kappa shape index (κ2) is 10.1. The van der Waals surface area contributed by atoms with Crippen LogP contribution in [0.2, 0.25) is 0 Å². The Kier molecular flexibility index (Phi) is 7.27. The Labute approximate surface area is 188 Å². The average molecular weight is 452 g/mol. The van der Waals surface area contributed by atoms with Gasteiger partial charge in [0, 0.05) is 0 Å². The van der Waals surface area contributed by atoms with Crippen LogP contribution in [0.4, 0.5) is 5.69 Å². The minimum absolute atomic E-state index is 0.0515. The number of aryl methyl sites for hydroxylation is 1. The number of carbonyl (C=O) groups excluding carboxylic acids is 1. The summed E-state index contributed by atoms with van der Waals surface area (Å²) in [7, 11) is -2.50. The number of rotatable bonds is 8. The maximum atomic E-state index is 13.4. The van der Waals surface area contributed by atoms with Gasteiger partial charge in [0.05, 0.1) is 23.4 Å². The number of anilines is 1. The minimum Gasteiger partial charge on any atom is -0.497 e. The van der Waals surface area contributed by atoms with Crippen LogP contribution in [0.25, 0.3) is 0 Å². The summed E-state index contributed by atoms with van der Waals surface area (Å²) in [6, 6.07) is 22.3. The van der Waals surface area contributed by atoms with Crippen molar-refractivity contribution in [2.45, 2.75) is 18.7 Å². The number of ether oxygens (including phenoxy) is 1. The number of hydrogen-bond donors (Lipinski definition) is 1. The van der Waals surface area contributed by atoms with Gasteiger partial charge in [-0.25, -0.2) is 13.8 Å². The number of methoxy groups -OCH3 is 1. The summed E-state index contributed by atoms with van der Waals surface area (Å²) >= 11 is 0. The molecule has 32 heavy (non-hydrogen) atoms. The highest BCUT2D eigenvalue weighted by molar-refractivity contribution is 7.92. The van der Waals surface area contributed by atoms with Crippen molar-refractivity contribution in [1.82, 2.24) is 5.43 Å². The fraction of sp³-hybridized carbons (Fsp3) is 0.167. The second-order valence-corrected chi connectivity index (χ2v) is 8.98. The zero-order valence-corrected chi connectivity index (χ0v) is 19.0. The molecule has 166 valence electrons. The first-order valence-corrected chi connectivity index (χ1v) is 11.4. The number of hydrazone groups is 1. The van der Waals surface area contributed by atoms with E-state index in [4.69, 9.17) is 4.74 Å². The number of nitrogens with one attached hydrogen (secondary N) is 1. The van der Waals surface area contributed by atoms with Crippen molar-refractivity contribution in [2.75, 3.05) is 18.0 Å². The van der Waals surface area contributed by atoms with E-state index in [0.717, 1.165) is 15.4 Å². The third-order valence-electron chi connectivity index (χ3n) is 4.80. The lowest BCUT2D eigenvalue weighted by atomic mass is 10.1. The molecular weight excluding hydrogens is 426 g/mol. The summed E-state index contributed by atoms with van der Waals surface area (Å²) in [5, 5.41) is 4.11. The maximum absolute atomic E-state index is 13.4. The number of nitrogens with zero attached hydrogens (tertiary/aromatic N) is 2. The predicted molar refractivity (Wildman–Crippen MR) is 126 cm³/mol. The van der Waals surface area contributed by atoms with Crippen LogP contribution in [0.5, 0.6) is 5.75 Å². The number of amides is 1. The van der Waals surface area contributed by atoms with Crippen LogP contribution in [0, 0.1) is 6.92 Å². The van der Waals surface area contributed by atoms with Crippen molar-refractivity contribution in [3.63, 3.8) is 0 Å². The molecule has 0 saturated carbocycles. The van der Waals surface area contributed by atoms with E-state index in [-0.39, 0.29) is 4.90 Å². The zero-order valence-electron chi connectivity index (χ0n) is 18.1. The summed E-state index contributed by atoms with van der Waals surface area (Å²) in [5.74, 6) is -0.0211. The highest BCUT2D eigenvalue weighted by Gasteiger charge is 2.27. The van der Waals surface area contributed by atoms with Crippen molar-refractivity contribution in [2.24, 2.45) is 5.10 Å². The molecule has 0 aliphatic carbocycles. The standard InChI is InChI=1S/C24H25N3O4S/c1-18-9-11-21(12-10-18)27(32(29,30)23-15-13-22(31-3)14-16-23)17-24(28)26-25-19(2)20-7-5-4-6-8-20/h4-16H,17H2,1-3H3,(H,26,28)/b25-19-. The third-order valence-corrected chi connectivity index (χ3v) is 6.58. The molecule has 3 rings (SSSR count). The fourth-order valence-corrected chi connectivity index (χ4v) is 4.38. The monoisotopic (exact) mass is 451 g/mol. The lowest BCUT2D eigenvalue weighted by molar-refractivity contribution is -0.119. The average Bonchev–Trinajstić information content (AvgIpc) is 2.82. The van der Waals surface area contributed by atoms with E-state index in [1.54, 1.807) is 43.3 Å². The van der Waals surface area contributed by atoms with E-state index in [0.29, 0.717) is 17.1 Å². The van der Waals surface area contributed by atoms with Gasteiger partial charge in [-0.3, -0.25) is 9.10 Å². The van der Waals surface area contributed by atoms with E-state index < -0.39 is 22.5 Å². The SMILES string of the molecule is COc1ccc(S(=O)(=O)N(CC(=O)N/N=C(/C)c2ccccc2)c2ccc(C)cc2)cc1. The molecule has 0 unspecified atom stereocenters. The van der Waals surface area contributed by atoms with Crippen molar-refractivity contribution in [1.29, 1.82) is 0 Å². The van der Waals surface area contributed by atoms with Gasteiger partial charge in [-0.1, -0.05) is 48.0 Å². The minimum atomic E-state index is -4.01. The second-order valence-electron chi connectivity index (χ2n) is 7.12. The van der Waals surface area contributed by atoms with Gasteiger partial charge in [-0.2, -0.15) is 5.10 Å². The van der Waals surface area contributed by atoms with Gasteiger partial charge in [0.15, 0.2) is 0 Å².